The Hall–Kier alpha value is -1.74. The molecule has 2 heterocycles. The highest BCUT2D eigenvalue weighted by molar-refractivity contribution is 7.93. The largest absolute Gasteiger partial charge is 0.354 e. The van der Waals surface area contributed by atoms with E-state index in [9.17, 15) is 9.00 Å². The maximum atomic E-state index is 13.1. The van der Waals surface area contributed by atoms with Gasteiger partial charge in [-0.05, 0) is 85.9 Å². The molecule has 2 aromatic rings. The molecule has 1 aromatic heterocycles. The molecule has 3 aliphatic rings. The number of nitrogens with zero attached hydrogens (tertiary/aromatic N) is 2. The quantitative estimate of drug-likeness (QED) is 0.762. The molecular formula is C21H26N4O2S2. The number of carbonyl (C=O) groups is 1. The lowest BCUT2D eigenvalue weighted by Crippen LogP contribution is -2.25. The second kappa shape index (κ2) is 7.19. The summed E-state index contributed by atoms with van der Waals surface area (Å²) in [5, 5.41) is 9.03. The van der Waals surface area contributed by atoms with Crippen molar-refractivity contribution in [2.75, 3.05) is 18.9 Å². The third kappa shape index (κ3) is 3.52. The van der Waals surface area contributed by atoms with Crippen LogP contribution in [0.2, 0.25) is 0 Å². The van der Waals surface area contributed by atoms with E-state index in [1.165, 1.54) is 38.5 Å². The van der Waals surface area contributed by atoms with Crippen molar-refractivity contribution in [1.29, 1.82) is 0 Å². The van der Waals surface area contributed by atoms with Gasteiger partial charge in [0.05, 0.1) is 0 Å². The van der Waals surface area contributed by atoms with E-state index >= 15 is 0 Å². The van der Waals surface area contributed by atoms with Gasteiger partial charge in [-0.3, -0.25) is 0 Å². The van der Waals surface area contributed by atoms with Gasteiger partial charge in [0, 0.05) is 23.7 Å². The fourth-order valence-electron chi connectivity index (χ4n) is 4.86. The molecule has 1 atom stereocenters. The van der Waals surface area contributed by atoms with E-state index < -0.39 is 15.9 Å². The Balaban J connectivity index is 1.45. The van der Waals surface area contributed by atoms with Gasteiger partial charge in [0.25, 0.3) is 0 Å². The number of urea groups is 1. The molecule has 0 fully saturated rings. The number of fused-ring (bicyclic) bond motifs is 3. The summed E-state index contributed by atoms with van der Waals surface area (Å²) in [5.41, 5.74) is 7.18. The van der Waals surface area contributed by atoms with Crippen molar-refractivity contribution in [2.45, 2.75) is 55.7 Å². The number of hydrogen-bond donors (Lipinski definition) is 2. The topological polar surface area (TPSA) is 87.8 Å². The van der Waals surface area contributed by atoms with Crippen LogP contribution in [0.5, 0.6) is 0 Å². The van der Waals surface area contributed by atoms with E-state index in [-0.39, 0.29) is 0 Å². The lowest BCUT2D eigenvalue weighted by molar-refractivity contribution is 0.260. The molecule has 2 aliphatic carbocycles. The van der Waals surface area contributed by atoms with E-state index in [2.05, 4.69) is 27.7 Å². The molecule has 0 bridgehead atoms. The number of likely N-dealkylation sites (N-methyl/N-ethyl adjacent to an activating group) is 1. The standard InChI is InChI=1S/C21H26N4O2S2/c1-25-9-8-18-15(12-25)11-19(28-18)29(22,27)24-21(26)23-20-16-6-2-4-13(16)10-14-5-3-7-17(14)20/h10-11H,2-9,12H2,1H3,(H3,22,23,24,26,27). The molecule has 1 unspecified atom stereocenters. The molecule has 0 spiro atoms. The summed E-state index contributed by atoms with van der Waals surface area (Å²) in [6, 6.07) is 3.58. The van der Waals surface area contributed by atoms with Crippen LogP contribution in [0.15, 0.2) is 20.7 Å². The number of aryl methyl sites for hydroxylation is 2. The van der Waals surface area contributed by atoms with Gasteiger partial charge in [-0.2, -0.15) is 0 Å². The Bertz CT molecular complexity index is 1100. The first-order valence-electron chi connectivity index (χ1n) is 10.2. The average Bonchev–Trinajstić information content (AvgIpc) is 3.39. The predicted octanol–water partition coefficient (Wildman–Crippen LogP) is 3.65. The third-order valence-electron chi connectivity index (χ3n) is 6.25. The van der Waals surface area contributed by atoms with Gasteiger partial charge in [-0.15, -0.1) is 15.7 Å². The zero-order valence-corrected chi connectivity index (χ0v) is 18.3. The normalized spacial score (nSPS) is 19.9. The van der Waals surface area contributed by atoms with Crippen LogP contribution in [0.4, 0.5) is 10.5 Å². The molecule has 154 valence electrons. The molecule has 29 heavy (non-hydrogen) atoms. The van der Waals surface area contributed by atoms with Crippen LogP contribution in [0.25, 0.3) is 0 Å². The van der Waals surface area contributed by atoms with Gasteiger partial charge in [-0.1, -0.05) is 6.07 Å². The Kier molecular flexibility index (Phi) is 4.77. The number of thiophene rings is 1. The number of anilines is 1. The highest BCUT2D eigenvalue weighted by Gasteiger charge is 2.26. The summed E-state index contributed by atoms with van der Waals surface area (Å²) in [6.07, 6.45) is 7.21. The molecule has 0 saturated carbocycles. The minimum atomic E-state index is -3.26. The number of nitrogens with two attached hydrogens (primary N) is 1. The second-order valence-corrected chi connectivity index (χ2v) is 11.5. The van der Waals surface area contributed by atoms with E-state index in [0.29, 0.717) is 4.21 Å². The number of carbonyl (C=O) groups excluding carboxylic acids is 1. The SMILES string of the molecule is CN1CCc2sc(S(N)(=O)=NC(=O)Nc3c4c(cc5c3CCC5)CCC4)cc2C1. The first-order chi connectivity index (χ1) is 13.9. The van der Waals surface area contributed by atoms with Crippen molar-refractivity contribution in [1.82, 2.24) is 4.90 Å². The Labute approximate surface area is 175 Å². The summed E-state index contributed by atoms with van der Waals surface area (Å²) >= 11 is 1.43. The minimum absolute atomic E-state index is 0.497. The van der Waals surface area contributed by atoms with Crippen molar-refractivity contribution in [3.63, 3.8) is 0 Å². The van der Waals surface area contributed by atoms with Crippen molar-refractivity contribution >= 4 is 33.0 Å². The average molecular weight is 431 g/mol. The van der Waals surface area contributed by atoms with E-state index in [0.717, 1.165) is 69.3 Å². The maximum Gasteiger partial charge on any atom is 0.354 e. The molecule has 1 aliphatic heterocycles. The molecule has 5 rings (SSSR count). The zero-order valence-electron chi connectivity index (χ0n) is 16.6. The third-order valence-corrected chi connectivity index (χ3v) is 9.38. The number of amides is 2. The molecule has 2 amide bonds. The predicted molar refractivity (Wildman–Crippen MR) is 117 cm³/mol. The lowest BCUT2D eigenvalue weighted by Gasteiger charge is -2.21. The smallest absolute Gasteiger partial charge is 0.305 e. The number of hydrogen-bond acceptors (Lipinski definition) is 4. The number of rotatable bonds is 2. The lowest BCUT2D eigenvalue weighted by atomic mass is 9.99. The minimum Gasteiger partial charge on any atom is -0.305 e. The van der Waals surface area contributed by atoms with Gasteiger partial charge >= 0.3 is 6.03 Å². The molecule has 3 N–H and O–H groups in total. The summed E-state index contributed by atoms with van der Waals surface area (Å²) in [5.74, 6) is 0. The van der Waals surface area contributed by atoms with Crippen molar-refractivity contribution in [3.8, 4) is 0 Å². The van der Waals surface area contributed by atoms with Crippen LogP contribution in [-0.4, -0.2) is 28.7 Å². The highest BCUT2D eigenvalue weighted by atomic mass is 32.2. The van der Waals surface area contributed by atoms with E-state index in [1.807, 2.05) is 6.07 Å². The molecular weight excluding hydrogens is 404 g/mol. The van der Waals surface area contributed by atoms with Crippen LogP contribution in [0.1, 0.15) is 45.5 Å². The fraction of sp³-hybridized carbons (Fsp3) is 0.476. The molecule has 0 saturated heterocycles. The van der Waals surface area contributed by atoms with E-state index in [4.69, 9.17) is 5.14 Å². The van der Waals surface area contributed by atoms with Crippen molar-refractivity contribution < 1.29 is 9.00 Å². The first kappa shape index (κ1) is 19.2. The highest BCUT2D eigenvalue weighted by Crippen LogP contribution is 2.39. The maximum absolute atomic E-state index is 13.1. The molecule has 1 aromatic carbocycles. The molecule has 6 nitrogen and oxygen atoms in total. The first-order valence-corrected chi connectivity index (χ1v) is 12.6. The van der Waals surface area contributed by atoms with Crippen LogP contribution in [-0.2, 0) is 48.6 Å². The van der Waals surface area contributed by atoms with Crippen molar-refractivity contribution in [3.05, 3.63) is 44.8 Å². The Morgan fingerprint density at radius 2 is 1.79 bits per heavy atom. The van der Waals surface area contributed by atoms with Crippen LogP contribution in [0, 0.1) is 0 Å². The second-order valence-electron chi connectivity index (χ2n) is 8.33. The van der Waals surface area contributed by atoms with E-state index in [1.54, 1.807) is 0 Å². The van der Waals surface area contributed by atoms with Crippen LogP contribution >= 0.6 is 11.3 Å². The molecule has 0 radical (unpaired) electrons. The Morgan fingerprint density at radius 1 is 1.10 bits per heavy atom. The van der Waals surface area contributed by atoms with Gasteiger partial charge in [0.15, 0.2) is 9.92 Å². The van der Waals surface area contributed by atoms with Gasteiger partial charge in [-0.25, -0.2) is 14.1 Å². The molecule has 8 heteroatoms. The van der Waals surface area contributed by atoms with Crippen LogP contribution in [0.3, 0.4) is 0 Å². The fourth-order valence-corrected chi connectivity index (χ4v) is 7.33. The summed E-state index contributed by atoms with van der Waals surface area (Å²) in [4.78, 5) is 16.2. The van der Waals surface area contributed by atoms with Gasteiger partial charge in [0.2, 0.25) is 0 Å². The zero-order chi connectivity index (χ0) is 20.2. The number of benzene rings is 1. The van der Waals surface area contributed by atoms with Gasteiger partial charge in [0.1, 0.15) is 4.21 Å². The van der Waals surface area contributed by atoms with Gasteiger partial charge < -0.3 is 10.2 Å². The summed E-state index contributed by atoms with van der Waals surface area (Å²) in [6.45, 7) is 1.79. The monoisotopic (exact) mass is 430 g/mol. The Morgan fingerprint density at radius 3 is 2.48 bits per heavy atom. The summed E-state index contributed by atoms with van der Waals surface area (Å²) in [7, 11) is -1.19. The number of nitrogens with one attached hydrogen (secondary N) is 1. The van der Waals surface area contributed by atoms with Crippen molar-refractivity contribution in [2.24, 2.45) is 9.50 Å². The van der Waals surface area contributed by atoms with Crippen LogP contribution < -0.4 is 10.5 Å². The summed E-state index contributed by atoms with van der Waals surface area (Å²) < 4.78 is 17.5.